The first-order valence-electron chi connectivity index (χ1n) is 9.21. The maximum Gasteiger partial charge on any atom is 0.324 e. The maximum atomic E-state index is 12.8. The van der Waals surface area contributed by atoms with Crippen LogP contribution in [0.3, 0.4) is 0 Å². The molecule has 0 radical (unpaired) electrons. The van der Waals surface area contributed by atoms with Crippen LogP contribution in [-0.2, 0) is 0 Å². The molecule has 2 amide bonds. The summed E-state index contributed by atoms with van der Waals surface area (Å²) in [6, 6.07) is -0.0954. The third kappa shape index (κ3) is 3.68. The Balaban J connectivity index is 1.43. The van der Waals surface area contributed by atoms with Crippen molar-refractivity contribution in [1.82, 2.24) is 25.1 Å². The van der Waals surface area contributed by atoms with Crippen molar-refractivity contribution in [1.29, 1.82) is 0 Å². The zero-order valence-electron chi connectivity index (χ0n) is 14.3. The van der Waals surface area contributed by atoms with Gasteiger partial charge >= 0.3 is 6.03 Å². The number of likely N-dealkylation sites (tertiary alicyclic amines) is 1. The topological polar surface area (TPSA) is 86.8 Å². The number of piperidine rings is 1. The predicted molar refractivity (Wildman–Crippen MR) is 96.6 cm³/mol. The van der Waals surface area contributed by atoms with Gasteiger partial charge in [0.2, 0.25) is 5.13 Å². The molecule has 1 saturated carbocycles. The molecule has 1 aliphatic carbocycles. The van der Waals surface area contributed by atoms with E-state index in [0.29, 0.717) is 11.0 Å². The minimum absolute atomic E-state index is 0.00878. The number of rotatable bonds is 3. The fourth-order valence-corrected chi connectivity index (χ4v) is 4.78. The maximum absolute atomic E-state index is 12.8. The van der Waals surface area contributed by atoms with E-state index in [0.717, 1.165) is 36.6 Å². The van der Waals surface area contributed by atoms with Crippen LogP contribution < -0.4 is 5.32 Å². The van der Waals surface area contributed by atoms with Crippen LogP contribution in [0.1, 0.15) is 74.2 Å². The van der Waals surface area contributed by atoms with E-state index >= 15 is 0 Å². The van der Waals surface area contributed by atoms with Gasteiger partial charge in [0.15, 0.2) is 0 Å². The predicted octanol–water partition coefficient (Wildman–Crippen LogP) is 4.07. The Bertz CT molecular complexity index is 694. The first-order valence-corrected chi connectivity index (χ1v) is 10.0. The van der Waals surface area contributed by atoms with Crippen molar-refractivity contribution in [2.45, 2.75) is 63.3 Å². The van der Waals surface area contributed by atoms with Crippen molar-refractivity contribution in [3.05, 3.63) is 23.2 Å². The standard InChI is InChI=1S/C17H24N6OS/c24-17(23-11-5-4-8-13(23)14-18-9-10-19-14)20-16-22-21-15(25-16)12-6-2-1-3-7-12/h9-10,12-13H,1-8,11H2,(H,18,19)(H,20,22,24)/t13-/m0/s1. The molecule has 1 atom stereocenters. The Kier molecular flexibility index (Phi) is 4.96. The van der Waals surface area contributed by atoms with Gasteiger partial charge in [-0.25, -0.2) is 9.78 Å². The Morgan fingerprint density at radius 3 is 2.80 bits per heavy atom. The summed E-state index contributed by atoms with van der Waals surface area (Å²) in [4.78, 5) is 22.1. The summed E-state index contributed by atoms with van der Waals surface area (Å²) >= 11 is 1.53. The number of hydrogen-bond acceptors (Lipinski definition) is 5. The molecular weight excluding hydrogens is 336 g/mol. The van der Waals surface area contributed by atoms with Gasteiger partial charge in [0, 0.05) is 24.9 Å². The van der Waals surface area contributed by atoms with E-state index in [4.69, 9.17) is 0 Å². The fourth-order valence-electron chi connectivity index (χ4n) is 3.88. The smallest absolute Gasteiger partial charge is 0.324 e. The summed E-state index contributed by atoms with van der Waals surface area (Å²) < 4.78 is 0. The Morgan fingerprint density at radius 2 is 2.00 bits per heavy atom. The second-order valence-electron chi connectivity index (χ2n) is 6.89. The number of amides is 2. The Labute approximate surface area is 151 Å². The summed E-state index contributed by atoms with van der Waals surface area (Å²) in [5, 5.41) is 13.1. The number of aromatic nitrogens is 4. The van der Waals surface area contributed by atoms with Gasteiger partial charge in [0.25, 0.3) is 0 Å². The average molecular weight is 360 g/mol. The van der Waals surface area contributed by atoms with Crippen molar-refractivity contribution in [2.24, 2.45) is 0 Å². The number of hydrogen-bond donors (Lipinski definition) is 2. The van der Waals surface area contributed by atoms with Crippen LogP contribution in [0.15, 0.2) is 12.4 Å². The van der Waals surface area contributed by atoms with Crippen LogP contribution in [0, 0.1) is 0 Å². The minimum Gasteiger partial charge on any atom is -0.347 e. The van der Waals surface area contributed by atoms with E-state index in [1.54, 1.807) is 12.4 Å². The van der Waals surface area contributed by atoms with Crippen LogP contribution in [0.5, 0.6) is 0 Å². The van der Waals surface area contributed by atoms with Gasteiger partial charge in [-0.3, -0.25) is 5.32 Å². The lowest BCUT2D eigenvalue weighted by Gasteiger charge is -2.34. The number of nitrogens with one attached hydrogen (secondary N) is 2. The van der Waals surface area contributed by atoms with E-state index in [9.17, 15) is 4.79 Å². The molecule has 1 aliphatic heterocycles. The van der Waals surface area contributed by atoms with E-state index in [-0.39, 0.29) is 12.1 Å². The highest BCUT2D eigenvalue weighted by atomic mass is 32.1. The molecule has 2 N–H and O–H groups in total. The summed E-state index contributed by atoms with van der Waals surface area (Å²) in [6.45, 7) is 0.742. The lowest BCUT2D eigenvalue weighted by atomic mass is 9.90. The van der Waals surface area contributed by atoms with E-state index in [2.05, 4.69) is 25.5 Å². The third-order valence-corrected chi connectivity index (χ3v) is 6.21. The van der Waals surface area contributed by atoms with Crippen LogP contribution in [0.4, 0.5) is 9.93 Å². The second kappa shape index (κ2) is 7.51. The summed E-state index contributed by atoms with van der Waals surface area (Å²) in [7, 11) is 0. The van der Waals surface area contributed by atoms with E-state index < -0.39 is 0 Å². The number of imidazole rings is 1. The van der Waals surface area contributed by atoms with Crippen LogP contribution >= 0.6 is 11.3 Å². The molecule has 2 aromatic heterocycles. The van der Waals surface area contributed by atoms with Crippen molar-refractivity contribution in [3.8, 4) is 0 Å². The molecule has 2 aromatic rings. The SMILES string of the molecule is O=C(Nc1nnc(C2CCCCC2)s1)N1CCCC[C@H]1c1ncc[nH]1. The summed E-state index contributed by atoms with van der Waals surface area (Å²) in [5.74, 6) is 1.37. The molecule has 3 heterocycles. The highest BCUT2D eigenvalue weighted by Gasteiger charge is 2.30. The summed E-state index contributed by atoms with van der Waals surface area (Å²) in [5.41, 5.74) is 0. The highest BCUT2D eigenvalue weighted by Crippen LogP contribution is 2.35. The molecule has 8 heteroatoms. The molecular formula is C17H24N6OS. The largest absolute Gasteiger partial charge is 0.347 e. The molecule has 134 valence electrons. The molecule has 2 aliphatic rings. The molecule has 1 saturated heterocycles. The van der Waals surface area contributed by atoms with E-state index in [1.807, 2.05) is 4.90 Å². The molecule has 25 heavy (non-hydrogen) atoms. The van der Waals surface area contributed by atoms with Gasteiger partial charge < -0.3 is 9.88 Å². The molecule has 0 spiro atoms. The normalized spacial score (nSPS) is 22.1. The molecule has 0 bridgehead atoms. The van der Waals surface area contributed by atoms with Gasteiger partial charge in [-0.05, 0) is 32.1 Å². The number of aromatic amines is 1. The summed E-state index contributed by atoms with van der Waals surface area (Å²) in [6.07, 6.45) is 12.8. The fraction of sp³-hybridized carbons (Fsp3) is 0.647. The van der Waals surface area contributed by atoms with Crippen molar-refractivity contribution in [2.75, 3.05) is 11.9 Å². The first kappa shape index (κ1) is 16.5. The lowest BCUT2D eigenvalue weighted by Crippen LogP contribution is -2.41. The third-order valence-electron chi connectivity index (χ3n) is 5.21. The Hall–Kier alpha value is -1.96. The molecule has 0 unspecified atom stereocenters. The number of anilines is 1. The number of carbonyl (C=O) groups is 1. The molecule has 4 rings (SSSR count). The highest BCUT2D eigenvalue weighted by molar-refractivity contribution is 7.15. The second-order valence-corrected chi connectivity index (χ2v) is 7.90. The van der Waals surface area contributed by atoms with Gasteiger partial charge in [-0.2, -0.15) is 0 Å². The minimum atomic E-state index is -0.104. The Morgan fingerprint density at radius 1 is 1.16 bits per heavy atom. The van der Waals surface area contributed by atoms with Crippen LogP contribution in [0.2, 0.25) is 0 Å². The van der Waals surface area contributed by atoms with Gasteiger partial charge in [-0.15, -0.1) is 10.2 Å². The van der Waals surface area contributed by atoms with E-state index in [1.165, 1.54) is 43.4 Å². The van der Waals surface area contributed by atoms with Crippen molar-refractivity contribution < 1.29 is 4.79 Å². The molecule has 2 fully saturated rings. The van der Waals surface area contributed by atoms with Gasteiger partial charge in [-0.1, -0.05) is 30.6 Å². The number of carbonyl (C=O) groups excluding carboxylic acids is 1. The quantitative estimate of drug-likeness (QED) is 0.864. The monoisotopic (exact) mass is 360 g/mol. The molecule has 7 nitrogen and oxygen atoms in total. The van der Waals surface area contributed by atoms with Crippen molar-refractivity contribution >= 4 is 22.5 Å². The molecule has 0 aromatic carbocycles. The number of nitrogens with zero attached hydrogens (tertiary/aromatic N) is 4. The first-order chi connectivity index (χ1) is 12.3. The average Bonchev–Trinajstić information content (AvgIpc) is 3.34. The van der Waals surface area contributed by atoms with Crippen LogP contribution in [0.25, 0.3) is 0 Å². The zero-order chi connectivity index (χ0) is 17.1. The van der Waals surface area contributed by atoms with Crippen LogP contribution in [-0.4, -0.2) is 37.6 Å². The van der Waals surface area contributed by atoms with Crippen molar-refractivity contribution in [3.63, 3.8) is 0 Å². The number of urea groups is 1. The van der Waals surface area contributed by atoms with Gasteiger partial charge in [0.1, 0.15) is 10.8 Å². The van der Waals surface area contributed by atoms with Gasteiger partial charge in [0.05, 0.1) is 6.04 Å². The lowest BCUT2D eigenvalue weighted by molar-refractivity contribution is 0.160. The number of H-pyrrole nitrogens is 1. The zero-order valence-corrected chi connectivity index (χ0v) is 15.1.